The first-order valence-electron chi connectivity index (χ1n) is 5.62. The van der Waals surface area contributed by atoms with Gasteiger partial charge in [0, 0.05) is 11.1 Å². The van der Waals surface area contributed by atoms with Gasteiger partial charge in [-0.15, -0.1) is 0 Å². The molecule has 0 aliphatic carbocycles. The van der Waals surface area contributed by atoms with E-state index in [9.17, 15) is 4.39 Å². The fraction of sp³-hybridized carbons (Fsp3) is 0.200. The highest BCUT2D eigenvalue weighted by atomic mass is 19.1. The molecule has 0 heterocycles. The summed E-state index contributed by atoms with van der Waals surface area (Å²) in [4.78, 5) is 0. The van der Waals surface area contributed by atoms with Gasteiger partial charge in [0.1, 0.15) is 5.82 Å². The van der Waals surface area contributed by atoms with Gasteiger partial charge in [-0.3, -0.25) is 0 Å². The lowest BCUT2D eigenvalue weighted by Crippen LogP contribution is -2.19. The zero-order valence-corrected chi connectivity index (χ0v) is 10.1. The number of halogens is 1. The molecule has 0 aromatic heterocycles. The summed E-state index contributed by atoms with van der Waals surface area (Å²) in [5.74, 6) is -0.211. The van der Waals surface area contributed by atoms with Crippen molar-refractivity contribution in [1.29, 1.82) is 0 Å². The van der Waals surface area contributed by atoms with Crippen LogP contribution in [0.2, 0.25) is 0 Å². The van der Waals surface area contributed by atoms with Crippen molar-refractivity contribution in [1.82, 2.24) is 0 Å². The Morgan fingerprint density at radius 1 is 0.941 bits per heavy atom. The van der Waals surface area contributed by atoms with Gasteiger partial charge in [-0.05, 0) is 35.4 Å². The molecule has 17 heavy (non-hydrogen) atoms. The van der Waals surface area contributed by atoms with E-state index in [2.05, 4.69) is 13.8 Å². The molecule has 0 aliphatic rings. The van der Waals surface area contributed by atoms with E-state index in [-0.39, 0.29) is 11.2 Å². The summed E-state index contributed by atoms with van der Waals surface area (Å²) in [6, 6.07) is 14.4. The molecule has 0 aliphatic heterocycles. The molecule has 88 valence electrons. The maximum atomic E-state index is 12.9. The van der Waals surface area contributed by atoms with Crippen LogP contribution in [-0.2, 0) is 5.41 Å². The van der Waals surface area contributed by atoms with Gasteiger partial charge in [0.05, 0.1) is 0 Å². The average molecular weight is 229 g/mol. The normalized spacial score (nSPS) is 11.5. The van der Waals surface area contributed by atoms with Crippen LogP contribution in [0.4, 0.5) is 10.1 Å². The first kappa shape index (κ1) is 11.6. The lowest BCUT2D eigenvalue weighted by molar-refractivity contribution is 0.614. The highest BCUT2D eigenvalue weighted by molar-refractivity contribution is 5.46. The van der Waals surface area contributed by atoms with Crippen LogP contribution < -0.4 is 5.73 Å². The van der Waals surface area contributed by atoms with Gasteiger partial charge in [0.2, 0.25) is 0 Å². The number of nitrogens with two attached hydrogens (primary N) is 1. The SMILES string of the molecule is CC(C)(c1ccc(F)cc1)c1cccc(N)c1. The van der Waals surface area contributed by atoms with Gasteiger partial charge in [-0.2, -0.15) is 0 Å². The van der Waals surface area contributed by atoms with Crippen molar-refractivity contribution in [2.24, 2.45) is 0 Å². The van der Waals surface area contributed by atoms with Crippen LogP contribution in [-0.4, -0.2) is 0 Å². The van der Waals surface area contributed by atoms with Gasteiger partial charge in [-0.1, -0.05) is 38.1 Å². The minimum absolute atomic E-state index is 0.178. The van der Waals surface area contributed by atoms with Gasteiger partial charge < -0.3 is 5.73 Å². The zero-order valence-electron chi connectivity index (χ0n) is 10.1. The molecule has 0 saturated carbocycles. The fourth-order valence-corrected chi connectivity index (χ4v) is 1.96. The Morgan fingerprint density at radius 3 is 2.18 bits per heavy atom. The third-order valence-electron chi connectivity index (χ3n) is 3.17. The van der Waals surface area contributed by atoms with Crippen molar-refractivity contribution in [3.05, 3.63) is 65.5 Å². The van der Waals surface area contributed by atoms with Gasteiger partial charge in [0.25, 0.3) is 0 Å². The number of anilines is 1. The van der Waals surface area contributed by atoms with Crippen molar-refractivity contribution in [3.63, 3.8) is 0 Å². The summed E-state index contributed by atoms with van der Waals surface area (Å²) in [5, 5.41) is 0. The molecular formula is C15H16FN. The molecule has 0 amide bonds. The van der Waals surface area contributed by atoms with Crippen LogP contribution in [0, 0.1) is 5.82 Å². The largest absolute Gasteiger partial charge is 0.399 e. The Hall–Kier alpha value is -1.83. The second-order valence-corrected chi connectivity index (χ2v) is 4.76. The average Bonchev–Trinajstić information content (AvgIpc) is 2.29. The minimum atomic E-state index is -0.211. The molecule has 2 heteroatoms. The molecule has 0 atom stereocenters. The molecule has 2 rings (SSSR count). The molecule has 2 aromatic carbocycles. The molecule has 0 bridgehead atoms. The Labute approximate surface area is 101 Å². The summed E-state index contributed by atoms with van der Waals surface area (Å²) in [6.45, 7) is 4.21. The molecule has 0 spiro atoms. The quantitative estimate of drug-likeness (QED) is 0.780. The van der Waals surface area contributed by atoms with Gasteiger partial charge in [-0.25, -0.2) is 4.39 Å². The maximum Gasteiger partial charge on any atom is 0.123 e. The van der Waals surface area contributed by atoms with Crippen molar-refractivity contribution >= 4 is 5.69 Å². The predicted octanol–water partition coefficient (Wildman–Crippen LogP) is 3.73. The van der Waals surface area contributed by atoms with Crippen LogP contribution in [0.25, 0.3) is 0 Å². The molecular weight excluding hydrogens is 213 g/mol. The zero-order chi connectivity index (χ0) is 12.5. The Morgan fingerprint density at radius 2 is 1.59 bits per heavy atom. The summed E-state index contributed by atoms with van der Waals surface area (Å²) in [5.41, 5.74) is 8.57. The van der Waals surface area contributed by atoms with Crippen molar-refractivity contribution in [2.45, 2.75) is 19.3 Å². The second-order valence-electron chi connectivity index (χ2n) is 4.76. The topological polar surface area (TPSA) is 26.0 Å². The molecule has 0 fully saturated rings. The molecule has 2 aromatic rings. The molecule has 0 radical (unpaired) electrons. The number of hydrogen-bond acceptors (Lipinski definition) is 1. The van der Waals surface area contributed by atoms with E-state index >= 15 is 0 Å². The molecule has 1 nitrogen and oxygen atoms in total. The van der Waals surface area contributed by atoms with Crippen LogP contribution >= 0.6 is 0 Å². The predicted molar refractivity (Wildman–Crippen MR) is 69.4 cm³/mol. The third-order valence-corrected chi connectivity index (χ3v) is 3.17. The first-order chi connectivity index (χ1) is 8.00. The van der Waals surface area contributed by atoms with Crippen molar-refractivity contribution in [2.75, 3.05) is 5.73 Å². The number of nitrogen functional groups attached to an aromatic ring is 1. The van der Waals surface area contributed by atoms with Crippen molar-refractivity contribution in [3.8, 4) is 0 Å². The number of benzene rings is 2. The molecule has 0 saturated heterocycles. The molecule has 0 unspecified atom stereocenters. The third kappa shape index (κ3) is 2.31. The van der Waals surface area contributed by atoms with E-state index in [0.29, 0.717) is 0 Å². The first-order valence-corrected chi connectivity index (χ1v) is 5.62. The number of hydrogen-bond donors (Lipinski definition) is 1. The monoisotopic (exact) mass is 229 g/mol. The van der Waals surface area contributed by atoms with E-state index in [4.69, 9.17) is 5.73 Å². The Balaban J connectivity index is 2.45. The van der Waals surface area contributed by atoms with Crippen LogP contribution in [0.3, 0.4) is 0 Å². The lowest BCUT2D eigenvalue weighted by atomic mass is 9.78. The van der Waals surface area contributed by atoms with Crippen molar-refractivity contribution < 1.29 is 4.39 Å². The number of rotatable bonds is 2. The highest BCUT2D eigenvalue weighted by Crippen LogP contribution is 2.32. The highest BCUT2D eigenvalue weighted by Gasteiger charge is 2.22. The van der Waals surface area contributed by atoms with E-state index in [1.807, 2.05) is 36.4 Å². The fourth-order valence-electron chi connectivity index (χ4n) is 1.96. The Kier molecular flexibility index (Phi) is 2.88. The van der Waals surface area contributed by atoms with Gasteiger partial charge >= 0.3 is 0 Å². The van der Waals surface area contributed by atoms with Crippen LogP contribution in [0.15, 0.2) is 48.5 Å². The summed E-state index contributed by atoms with van der Waals surface area (Å²) < 4.78 is 12.9. The summed E-state index contributed by atoms with van der Waals surface area (Å²) >= 11 is 0. The van der Waals surface area contributed by atoms with Crippen LogP contribution in [0.1, 0.15) is 25.0 Å². The van der Waals surface area contributed by atoms with Gasteiger partial charge in [0.15, 0.2) is 0 Å². The lowest BCUT2D eigenvalue weighted by Gasteiger charge is -2.26. The summed E-state index contributed by atoms with van der Waals surface area (Å²) in [6.07, 6.45) is 0. The second kappa shape index (κ2) is 4.21. The minimum Gasteiger partial charge on any atom is -0.399 e. The Bertz CT molecular complexity index is 515. The van der Waals surface area contributed by atoms with E-state index < -0.39 is 0 Å². The smallest absolute Gasteiger partial charge is 0.123 e. The van der Waals surface area contributed by atoms with E-state index in [1.54, 1.807) is 0 Å². The standard InChI is InChI=1S/C15H16FN/c1-15(2,11-6-8-13(16)9-7-11)12-4-3-5-14(17)10-12/h3-10H,17H2,1-2H3. The van der Waals surface area contributed by atoms with E-state index in [1.165, 1.54) is 12.1 Å². The summed E-state index contributed by atoms with van der Waals surface area (Å²) in [7, 11) is 0. The maximum absolute atomic E-state index is 12.9. The van der Waals surface area contributed by atoms with E-state index in [0.717, 1.165) is 16.8 Å². The van der Waals surface area contributed by atoms with Crippen LogP contribution in [0.5, 0.6) is 0 Å². The molecule has 2 N–H and O–H groups in total.